The van der Waals surface area contributed by atoms with Crippen LogP contribution >= 0.6 is 11.6 Å². The summed E-state index contributed by atoms with van der Waals surface area (Å²) in [5.74, 6) is 0.182. The van der Waals surface area contributed by atoms with E-state index in [1.165, 1.54) is 0 Å². The highest BCUT2D eigenvalue weighted by Crippen LogP contribution is 2.64. The van der Waals surface area contributed by atoms with Crippen molar-refractivity contribution in [3.8, 4) is 0 Å². The number of carbonyl (C=O) groups excluding carboxylic acids is 1. The molecule has 23 heavy (non-hydrogen) atoms. The SMILES string of the molecule is O=C1Nc2ccc(Cl)cc2[C@@]12C[C@@H]2c1ccc2ccccc2n1. The normalized spacial score (nSPS) is 24.7. The Morgan fingerprint density at radius 1 is 1.13 bits per heavy atom. The summed E-state index contributed by atoms with van der Waals surface area (Å²) in [5, 5.41) is 4.77. The van der Waals surface area contributed by atoms with Gasteiger partial charge in [0.15, 0.2) is 0 Å². The highest BCUT2D eigenvalue weighted by molar-refractivity contribution is 6.31. The van der Waals surface area contributed by atoms with E-state index in [4.69, 9.17) is 16.6 Å². The third-order valence-electron chi connectivity index (χ3n) is 5.05. The summed E-state index contributed by atoms with van der Waals surface area (Å²) in [6.07, 6.45) is 0.789. The summed E-state index contributed by atoms with van der Waals surface area (Å²) in [6.45, 7) is 0. The lowest BCUT2D eigenvalue weighted by Crippen LogP contribution is -2.21. The first-order valence-electron chi connectivity index (χ1n) is 7.66. The summed E-state index contributed by atoms with van der Waals surface area (Å²) >= 11 is 6.14. The third kappa shape index (κ3) is 1.71. The van der Waals surface area contributed by atoms with E-state index >= 15 is 0 Å². The maximum absolute atomic E-state index is 12.6. The van der Waals surface area contributed by atoms with Crippen molar-refractivity contribution < 1.29 is 4.79 Å². The second kappa shape index (κ2) is 4.33. The Hall–Kier alpha value is -2.39. The molecule has 4 heteroatoms. The number of halogens is 1. The smallest absolute Gasteiger partial charge is 0.235 e. The van der Waals surface area contributed by atoms with Crippen molar-refractivity contribution >= 4 is 34.1 Å². The van der Waals surface area contributed by atoms with Crippen molar-refractivity contribution in [2.45, 2.75) is 17.8 Å². The Morgan fingerprint density at radius 2 is 2.00 bits per heavy atom. The molecule has 2 heterocycles. The molecular formula is C19H13ClN2O. The lowest BCUT2D eigenvalue weighted by Gasteiger charge is -2.09. The predicted octanol–water partition coefficient (Wildman–Crippen LogP) is 4.27. The number of carbonyl (C=O) groups is 1. The number of nitrogens with zero attached hydrogens (tertiary/aromatic N) is 1. The molecule has 3 aromatic rings. The summed E-state index contributed by atoms with van der Waals surface area (Å²) in [7, 11) is 0. The van der Waals surface area contributed by atoms with Crippen LogP contribution in [0.2, 0.25) is 5.02 Å². The number of para-hydroxylation sites is 1. The first-order chi connectivity index (χ1) is 11.2. The maximum Gasteiger partial charge on any atom is 0.235 e. The Balaban J connectivity index is 1.62. The molecule has 3 nitrogen and oxygen atoms in total. The van der Waals surface area contributed by atoms with Crippen molar-refractivity contribution in [2.75, 3.05) is 5.32 Å². The predicted molar refractivity (Wildman–Crippen MR) is 90.9 cm³/mol. The van der Waals surface area contributed by atoms with Gasteiger partial charge in [-0.1, -0.05) is 35.9 Å². The Kier molecular flexibility index (Phi) is 2.46. The molecule has 1 amide bonds. The van der Waals surface area contributed by atoms with Crippen molar-refractivity contribution in [1.29, 1.82) is 0 Å². The van der Waals surface area contributed by atoms with Crippen LogP contribution in [-0.4, -0.2) is 10.9 Å². The van der Waals surface area contributed by atoms with Crippen LogP contribution in [-0.2, 0) is 10.2 Å². The molecule has 5 rings (SSSR count). The van der Waals surface area contributed by atoms with Gasteiger partial charge < -0.3 is 5.32 Å². The molecule has 2 aromatic carbocycles. The molecular weight excluding hydrogens is 308 g/mol. The fourth-order valence-corrected chi connectivity index (χ4v) is 3.97. The third-order valence-corrected chi connectivity index (χ3v) is 5.29. The van der Waals surface area contributed by atoms with Crippen LogP contribution in [0.1, 0.15) is 23.6 Å². The molecule has 2 atom stereocenters. The molecule has 1 N–H and O–H groups in total. The quantitative estimate of drug-likeness (QED) is 0.727. The zero-order valence-electron chi connectivity index (χ0n) is 12.2. The van der Waals surface area contributed by atoms with E-state index in [0.29, 0.717) is 5.02 Å². The lowest BCUT2D eigenvalue weighted by molar-refractivity contribution is -0.118. The van der Waals surface area contributed by atoms with Gasteiger partial charge in [0.25, 0.3) is 0 Å². The molecule has 1 fully saturated rings. The summed E-state index contributed by atoms with van der Waals surface area (Å²) in [6, 6.07) is 17.8. The molecule has 0 bridgehead atoms. The standard InChI is InChI=1S/C19H13ClN2O/c20-12-6-8-16-13(9-12)19(18(23)22-16)10-14(19)17-7-5-11-3-1-2-4-15(11)21-17/h1-9,14H,10H2,(H,22,23)/t14-,19-/m1/s1. The van der Waals surface area contributed by atoms with Gasteiger partial charge in [-0.2, -0.15) is 0 Å². The highest BCUT2D eigenvalue weighted by Gasteiger charge is 2.65. The number of hydrogen-bond donors (Lipinski definition) is 1. The number of aromatic nitrogens is 1. The number of fused-ring (bicyclic) bond motifs is 3. The van der Waals surface area contributed by atoms with Crippen LogP contribution in [0, 0.1) is 0 Å². The number of hydrogen-bond acceptors (Lipinski definition) is 2. The Labute approximate surface area is 138 Å². The van der Waals surface area contributed by atoms with Crippen LogP contribution in [0.15, 0.2) is 54.6 Å². The minimum atomic E-state index is -0.490. The van der Waals surface area contributed by atoms with Crippen LogP contribution in [0.3, 0.4) is 0 Å². The van der Waals surface area contributed by atoms with E-state index < -0.39 is 5.41 Å². The van der Waals surface area contributed by atoms with E-state index in [0.717, 1.165) is 34.3 Å². The van der Waals surface area contributed by atoms with E-state index in [1.807, 2.05) is 48.5 Å². The molecule has 1 aliphatic carbocycles. The highest BCUT2D eigenvalue weighted by atomic mass is 35.5. The van der Waals surface area contributed by atoms with Gasteiger partial charge in [0.1, 0.15) is 0 Å². The van der Waals surface area contributed by atoms with Crippen LogP contribution in [0.25, 0.3) is 10.9 Å². The molecule has 0 saturated heterocycles. The number of benzene rings is 2. The van der Waals surface area contributed by atoms with E-state index in [1.54, 1.807) is 0 Å². The number of amides is 1. The van der Waals surface area contributed by atoms with Crippen molar-refractivity contribution in [3.05, 3.63) is 70.9 Å². The maximum atomic E-state index is 12.6. The number of pyridine rings is 1. The second-order valence-electron chi connectivity index (χ2n) is 6.30. The van der Waals surface area contributed by atoms with Gasteiger partial charge in [-0.25, -0.2) is 0 Å². The van der Waals surface area contributed by atoms with E-state index in [9.17, 15) is 4.79 Å². The summed E-state index contributed by atoms with van der Waals surface area (Å²) in [5.41, 5.74) is 3.34. The fraction of sp³-hybridized carbons (Fsp3) is 0.158. The summed E-state index contributed by atoms with van der Waals surface area (Å²) in [4.78, 5) is 17.4. The molecule has 2 aliphatic rings. The molecule has 0 unspecified atom stereocenters. The van der Waals surface area contributed by atoms with Crippen LogP contribution in [0.5, 0.6) is 0 Å². The van der Waals surface area contributed by atoms with Gasteiger partial charge in [0.2, 0.25) is 5.91 Å². The van der Waals surface area contributed by atoms with Gasteiger partial charge in [0.05, 0.1) is 10.9 Å². The van der Waals surface area contributed by atoms with Crippen molar-refractivity contribution in [2.24, 2.45) is 0 Å². The average Bonchev–Trinajstić information content (AvgIpc) is 3.26. The van der Waals surface area contributed by atoms with Crippen molar-refractivity contribution in [3.63, 3.8) is 0 Å². The minimum absolute atomic E-state index is 0.0646. The zero-order valence-corrected chi connectivity index (χ0v) is 13.0. The topological polar surface area (TPSA) is 42.0 Å². The zero-order chi connectivity index (χ0) is 15.6. The van der Waals surface area contributed by atoms with E-state index in [2.05, 4.69) is 11.4 Å². The van der Waals surface area contributed by atoms with Gasteiger partial charge in [0, 0.05) is 27.7 Å². The molecule has 1 saturated carbocycles. The van der Waals surface area contributed by atoms with E-state index in [-0.39, 0.29) is 11.8 Å². The fourth-order valence-electron chi connectivity index (χ4n) is 3.80. The number of nitrogens with one attached hydrogen (secondary N) is 1. The Bertz CT molecular complexity index is 984. The van der Waals surface area contributed by atoms with Crippen LogP contribution < -0.4 is 5.32 Å². The monoisotopic (exact) mass is 320 g/mol. The molecule has 1 spiro atoms. The largest absolute Gasteiger partial charge is 0.325 e. The van der Waals surface area contributed by atoms with Gasteiger partial charge in [-0.3, -0.25) is 9.78 Å². The van der Waals surface area contributed by atoms with Gasteiger partial charge in [-0.05, 0) is 42.3 Å². The lowest BCUT2D eigenvalue weighted by atomic mass is 9.93. The van der Waals surface area contributed by atoms with Crippen molar-refractivity contribution in [1.82, 2.24) is 4.98 Å². The molecule has 1 aliphatic heterocycles. The average molecular weight is 321 g/mol. The molecule has 112 valence electrons. The second-order valence-corrected chi connectivity index (χ2v) is 6.74. The van der Waals surface area contributed by atoms with Gasteiger partial charge in [-0.15, -0.1) is 0 Å². The number of anilines is 1. The summed E-state index contributed by atoms with van der Waals surface area (Å²) < 4.78 is 0. The number of rotatable bonds is 1. The minimum Gasteiger partial charge on any atom is -0.325 e. The molecule has 1 aromatic heterocycles. The first kappa shape index (κ1) is 13.1. The van der Waals surface area contributed by atoms with Gasteiger partial charge >= 0.3 is 0 Å². The molecule has 0 radical (unpaired) electrons. The van der Waals surface area contributed by atoms with Crippen LogP contribution in [0.4, 0.5) is 5.69 Å². The first-order valence-corrected chi connectivity index (χ1v) is 8.03. The Morgan fingerprint density at radius 3 is 2.91 bits per heavy atom.